The lowest BCUT2D eigenvalue weighted by atomic mass is 10.2. The minimum Gasteiger partial charge on any atom is -0.465 e. The second kappa shape index (κ2) is 8.49. The van der Waals surface area contributed by atoms with Crippen molar-refractivity contribution in [2.24, 2.45) is 0 Å². The van der Waals surface area contributed by atoms with Gasteiger partial charge in [-0.15, -0.1) is 0 Å². The number of benzene rings is 1. The second-order valence-electron chi connectivity index (χ2n) is 7.94. The Kier molecular flexibility index (Phi) is 5.85. The molecule has 2 heterocycles. The predicted octanol–water partition coefficient (Wildman–Crippen LogP) is 3.65. The lowest BCUT2D eigenvalue weighted by Crippen LogP contribution is -2.48. The van der Waals surface area contributed by atoms with Gasteiger partial charge in [-0.1, -0.05) is 12.8 Å². The van der Waals surface area contributed by atoms with E-state index in [-0.39, 0.29) is 29.2 Å². The van der Waals surface area contributed by atoms with E-state index in [9.17, 15) is 27.2 Å². The van der Waals surface area contributed by atoms with E-state index in [4.69, 9.17) is 0 Å². The molecule has 1 aromatic heterocycles. The summed E-state index contributed by atoms with van der Waals surface area (Å²) in [5.74, 6) is -8.92. The van der Waals surface area contributed by atoms with Crippen LogP contribution in [0.25, 0.3) is 0 Å². The molecule has 1 saturated carbocycles. The summed E-state index contributed by atoms with van der Waals surface area (Å²) in [7, 11) is 2.25. The van der Waals surface area contributed by atoms with Crippen LogP contribution in [0.3, 0.4) is 0 Å². The van der Waals surface area contributed by atoms with E-state index in [1.54, 1.807) is 0 Å². The number of amides is 1. The number of fused-ring (bicyclic) bond motifs is 1. The van der Waals surface area contributed by atoms with Gasteiger partial charge in [0.25, 0.3) is 5.91 Å². The van der Waals surface area contributed by atoms with Crippen molar-refractivity contribution in [2.75, 3.05) is 35.8 Å². The summed E-state index contributed by atoms with van der Waals surface area (Å²) in [4.78, 5) is 34.3. The van der Waals surface area contributed by atoms with E-state index >= 15 is 0 Å². The van der Waals surface area contributed by atoms with Gasteiger partial charge in [-0.2, -0.15) is 13.8 Å². The first-order valence-electron chi connectivity index (χ1n) is 10.3. The number of nitrogens with one attached hydrogen (secondary N) is 1. The van der Waals surface area contributed by atoms with Crippen molar-refractivity contribution in [1.82, 2.24) is 9.97 Å². The van der Waals surface area contributed by atoms with Gasteiger partial charge in [0.2, 0.25) is 5.95 Å². The van der Waals surface area contributed by atoms with E-state index in [1.165, 1.54) is 18.1 Å². The number of hydrogen-bond acceptors (Lipinski definition) is 7. The topological polar surface area (TPSA) is 87.7 Å². The minimum atomic E-state index is -3.63. The molecule has 0 spiro atoms. The van der Waals surface area contributed by atoms with Crippen molar-refractivity contribution in [3.8, 4) is 0 Å². The molecular formula is C21H21F4N5O3. The summed E-state index contributed by atoms with van der Waals surface area (Å²) in [6.45, 7) is -0.846. The maximum absolute atomic E-state index is 14.6. The van der Waals surface area contributed by atoms with E-state index in [0.717, 1.165) is 37.0 Å². The summed E-state index contributed by atoms with van der Waals surface area (Å²) in [5, 5.41) is 2.52. The van der Waals surface area contributed by atoms with E-state index in [0.29, 0.717) is 12.8 Å². The van der Waals surface area contributed by atoms with Crippen LogP contribution in [0.2, 0.25) is 0 Å². The van der Waals surface area contributed by atoms with Crippen LogP contribution >= 0.6 is 0 Å². The van der Waals surface area contributed by atoms with Gasteiger partial charge in [-0.05, 0) is 25.0 Å². The van der Waals surface area contributed by atoms with Crippen LogP contribution in [-0.4, -0.2) is 54.5 Å². The number of nitrogens with zero attached hydrogens (tertiary/aromatic N) is 4. The molecule has 0 atom stereocenters. The number of esters is 1. The molecule has 33 heavy (non-hydrogen) atoms. The number of methoxy groups -OCH3 is 1. The average Bonchev–Trinajstić information content (AvgIpc) is 3.31. The molecule has 4 rings (SSSR count). The molecule has 1 aromatic carbocycles. The molecule has 1 aliphatic carbocycles. The molecule has 8 nitrogen and oxygen atoms in total. The maximum atomic E-state index is 14.6. The summed E-state index contributed by atoms with van der Waals surface area (Å²) < 4.78 is 62.5. The van der Waals surface area contributed by atoms with Crippen LogP contribution in [0.1, 0.15) is 36.0 Å². The summed E-state index contributed by atoms with van der Waals surface area (Å²) in [6.07, 6.45) is 4.23. The van der Waals surface area contributed by atoms with E-state index in [1.807, 2.05) is 0 Å². The smallest absolute Gasteiger partial charge is 0.342 e. The van der Waals surface area contributed by atoms with Gasteiger partial charge in [0, 0.05) is 13.1 Å². The predicted molar refractivity (Wildman–Crippen MR) is 111 cm³/mol. The van der Waals surface area contributed by atoms with Crippen LogP contribution in [0, 0.1) is 11.6 Å². The second-order valence-corrected chi connectivity index (χ2v) is 7.94. The highest BCUT2D eigenvalue weighted by Crippen LogP contribution is 2.39. The number of ether oxygens (including phenoxy) is 1. The van der Waals surface area contributed by atoms with Gasteiger partial charge in [-0.25, -0.2) is 18.6 Å². The Labute approximate surface area is 186 Å². The largest absolute Gasteiger partial charge is 0.465 e. The fourth-order valence-corrected chi connectivity index (χ4v) is 4.14. The summed E-state index contributed by atoms with van der Waals surface area (Å²) in [6, 6.07) is 1.90. The van der Waals surface area contributed by atoms with Crippen molar-refractivity contribution in [3.63, 3.8) is 0 Å². The zero-order valence-electron chi connectivity index (χ0n) is 17.9. The normalized spacial score (nSPS) is 18.2. The number of hydrogen-bond donors (Lipinski definition) is 1. The monoisotopic (exact) mass is 467 g/mol. The first-order valence-corrected chi connectivity index (χ1v) is 10.3. The fourth-order valence-electron chi connectivity index (χ4n) is 4.14. The molecule has 2 aromatic rings. The Bertz CT molecular complexity index is 1110. The minimum absolute atomic E-state index is 0.0855. The first-order chi connectivity index (χ1) is 15.6. The van der Waals surface area contributed by atoms with E-state index < -0.39 is 41.5 Å². The SMILES string of the molecule is COC(=O)c1ccc(Nc2ncc3c(n2)N(C2CCCC2)CC(F)(F)C(=O)N3C)c(F)c1F. The van der Waals surface area contributed by atoms with Crippen molar-refractivity contribution < 1.29 is 31.9 Å². The molecule has 0 bridgehead atoms. The Morgan fingerprint density at radius 2 is 1.91 bits per heavy atom. The third-order valence-electron chi connectivity index (χ3n) is 5.87. The van der Waals surface area contributed by atoms with Gasteiger partial charge >= 0.3 is 11.9 Å². The Morgan fingerprint density at radius 1 is 1.21 bits per heavy atom. The van der Waals surface area contributed by atoms with Gasteiger partial charge < -0.3 is 19.9 Å². The van der Waals surface area contributed by atoms with Crippen molar-refractivity contribution in [3.05, 3.63) is 35.5 Å². The van der Waals surface area contributed by atoms with Gasteiger partial charge in [0.1, 0.15) is 5.69 Å². The fraction of sp³-hybridized carbons (Fsp3) is 0.429. The highest BCUT2D eigenvalue weighted by atomic mass is 19.3. The molecule has 2 aliphatic rings. The van der Waals surface area contributed by atoms with Crippen LogP contribution in [-0.2, 0) is 9.53 Å². The number of halogens is 4. The Morgan fingerprint density at radius 3 is 2.58 bits per heavy atom. The van der Waals surface area contributed by atoms with Gasteiger partial charge in [0.15, 0.2) is 17.5 Å². The Balaban J connectivity index is 1.73. The third kappa shape index (κ3) is 4.05. The number of carbonyl (C=O) groups is 2. The molecule has 1 N–H and O–H groups in total. The number of alkyl halides is 2. The number of rotatable bonds is 4. The lowest BCUT2D eigenvalue weighted by molar-refractivity contribution is -0.140. The van der Waals surface area contributed by atoms with Crippen LogP contribution in [0.5, 0.6) is 0 Å². The third-order valence-corrected chi connectivity index (χ3v) is 5.87. The molecule has 1 fully saturated rings. The molecule has 0 radical (unpaired) electrons. The first kappa shape index (κ1) is 22.7. The van der Waals surface area contributed by atoms with Crippen molar-refractivity contribution >= 4 is 35.0 Å². The molecule has 1 aliphatic heterocycles. The van der Waals surface area contributed by atoms with Gasteiger partial charge in [0.05, 0.1) is 31.1 Å². The number of aromatic nitrogens is 2. The zero-order valence-corrected chi connectivity index (χ0v) is 17.9. The number of anilines is 4. The van der Waals surface area contributed by atoms with Crippen molar-refractivity contribution in [2.45, 2.75) is 37.6 Å². The Hall–Kier alpha value is -3.44. The molecule has 0 unspecified atom stereocenters. The average molecular weight is 467 g/mol. The summed E-state index contributed by atoms with van der Waals surface area (Å²) >= 11 is 0. The highest BCUT2D eigenvalue weighted by molar-refractivity contribution is 6.02. The zero-order chi connectivity index (χ0) is 23.9. The van der Waals surface area contributed by atoms with Crippen LogP contribution < -0.4 is 15.1 Å². The van der Waals surface area contributed by atoms with E-state index in [2.05, 4.69) is 20.0 Å². The van der Waals surface area contributed by atoms with Crippen molar-refractivity contribution in [1.29, 1.82) is 0 Å². The summed E-state index contributed by atoms with van der Waals surface area (Å²) in [5.41, 5.74) is -0.864. The van der Waals surface area contributed by atoms with Crippen LogP contribution in [0.15, 0.2) is 18.3 Å². The quantitative estimate of drug-likeness (QED) is 0.543. The molecule has 0 saturated heterocycles. The highest BCUT2D eigenvalue weighted by Gasteiger charge is 2.48. The maximum Gasteiger partial charge on any atom is 0.342 e. The number of carbonyl (C=O) groups excluding carboxylic acids is 2. The molecule has 12 heteroatoms. The van der Waals surface area contributed by atoms with Gasteiger partial charge in [-0.3, -0.25) is 4.79 Å². The standard InChI is InChI=1S/C21H21F4N5O3/c1-29-14-9-26-20(27-13-8-7-12(18(31)33-2)15(22)16(13)23)28-17(14)30(11-5-3-4-6-11)10-21(24,25)19(29)32/h7-9,11H,3-6,10H2,1-2H3,(H,26,27,28). The lowest BCUT2D eigenvalue weighted by Gasteiger charge is -2.31. The van der Waals surface area contributed by atoms with Crippen LogP contribution in [0.4, 0.5) is 40.7 Å². The molecule has 176 valence electrons. The molecule has 1 amide bonds. The molecular weight excluding hydrogens is 446 g/mol.